The summed E-state index contributed by atoms with van der Waals surface area (Å²) in [7, 11) is 5.23. The Morgan fingerprint density at radius 3 is 2.50 bits per heavy atom. The van der Waals surface area contributed by atoms with E-state index in [2.05, 4.69) is 9.64 Å². The number of fused-ring (bicyclic) bond motifs is 1. The summed E-state index contributed by atoms with van der Waals surface area (Å²) >= 11 is 0. The summed E-state index contributed by atoms with van der Waals surface area (Å²) in [6.07, 6.45) is 1.94. The van der Waals surface area contributed by atoms with Crippen molar-refractivity contribution in [3.05, 3.63) is 65.6 Å². The second kappa shape index (κ2) is 9.00. The number of likely N-dealkylation sites (N-methyl/N-ethyl adjacent to an activating group) is 1. The number of urea groups is 1. The molecule has 32 heavy (non-hydrogen) atoms. The Kier molecular flexibility index (Phi) is 6.14. The molecule has 0 N–H and O–H groups in total. The Morgan fingerprint density at radius 1 is 1.06 bits per heavy atom. The SMILES string of the molecule is COC(=O)c1ccc(CN(C(=O)N2CCN(C)CC2)c2cccc3c2ccn3C)c(F)c1. The fourth-order valence-corrected chi connectivity index (χ4v) is 4.04. The van der Waals surface area contributed by atoms with Gasteiger partial charge in [0.15, 0.2) is 0 Å². The average molecular weight is 439 g/mol. The maximum absolute atomic E-state index is 14.9. The van der Waals surface area contributed by atoms with Crippen molar-refractivity contribution in [2.24, 2.45) is 7.05 Å². The second-order valence-corrected chi connectivity index (χ2v) is 8.09. The van der Waals surface area contributed by atoms with Crippen molar-refractivity contribution < 1.29 is 18.7 Å². The number of ether oxygens (including phenoxy) is 1. The summed E-state index contributed by atoms with van der Waals surface area (Å²) in [4.78, 5) is 31.0. The van der Waals surface area contributed by atoms with E-state index in [1.165, 1.54) is 19.2 Å². The molecule has 1 aliphatic heterocycles. The Morgan fingerprint density at radius 2 is 1.81 bits per heavy atom. The van der Waals surface area contributed by atoms with Crippen LogP contribution in [0.2, 0.25) is 0 Å². The second-order valence-electron chi connectivity index (χ2n) is 8.09. The third-order valence-electron chi connectivity index (χ3n) is 6.00. The Bertz CT molecular complexity index is 1150. The molecule has 1 aromatic heterocycles. The van der Waals surface area contributed by atoms with Crippen LogP contribution < -0.4 is 4.90 Å². The molecule has 8 heteroatoms. The normalized spacial score (nSPS) is 14.6. The number of rotatable bonds is 4. The lowest BCUT2D eigenvalue weighted by atomic mass is 10.1. The van der Waals surface area contributed by atoms with Gasteiger partial charge >= 0.3 is 12.0 Å². The van der Waals surface area contributed by atoms with Gasteiger partial charge in [-0.1, -0.05) is 12.1 Å². The van der Waals surface area contributed by atoms with Crippen LogP contribution in [0, 0.1) is 5.82 Å². The molecule has 1 fully saturated rings. The Balaban J connectivity index is 1.72. The predicted octanol–water partition coefficient (Wildman–Crippen LogP) is 3.48. The van der Waals surface area contributed by atoms with E-state index in [1.54, 1.807) is 4.90 Å². The molecule has 2 amide bonds. The van der Waals surface area contributed by atoms with Gasteiger partial charge < -0.3 is 19.1 Å². The topological polar surface area (TPSA) is 58.0 Å². The Hall–Kier alpha value is -3.39. The minimum atomic E-state index is -0.602. The van der Waals surface area contributed by atoms with E-state index < -0.39 is 11.8 Å². The smallest absolute Gasteiger partial charge is 0.337 e. The van der Waals surface area contributed by atoms with E-state index in [9.17, 15) is 14.0 Å². The summed E-state index contributed by atoms with van der Waals surface area (Å²) in [6.45, 7) is 2.85. The standard InChI is InChI=1S/C24H27FN4O3/c1-26-11-13-28(14-12-26)24(31)29(22-6-4-5-21-19(22)9-10-27(21)2)16-18-8-7-17(15-20(18)25)23(30)32-3/h4-10,15H,11-14,16H2,1-3H3. The van der Waals surface area contributed by atoms with Crippen LogP contribution in [-0.4, -0.2) is 66.7 Å². The van der Waals surface area contributed by atoms with E-state index >= 15 is 0 Å². The number of benzene rings is 2. The van der Waals surface area contributed by atoms with E-state index in [0.717, 1.165) is 35.7 Å². The first-order chi connectivity index (χ1) is 15.4. The number of carbonyl (C=O) groups is 2. The zero-order chi connectivity index (χ0) is 22.8. The zero-order valence-corrected chi connectivity index (χ0v) is 18.5. The maximum Gasteiger partial charge on any atom is 0.337 e. The number of methoxy groups -OCH3 is 1. The zero-order valence-electron chi connectivity index (χ0n) is 18.5. The molecule has 0 spiro atoms. The summed E-state index contributed by atoms with van der Waals surface area (Å²) in [5, 5.41) is 0.920. The molecular weight excluding hydrogens is 411 g/mol. The molecule has 3 aromatic rings. The number of nitrogens with zero attached hydrogens (tertiary/aromatic N) is 4. The van der Waals surface area contributed by atoms with Crippen LogP contribution in [-0.2, 0) is 18.3 Å². The highest BCUT2D eigenvalue weighted by Gasteiger charge is 2.27. The van der Waals surface area contributed by atoms with E-state index in [4.69, 9.17) is 0 Å². The lowest BCUT2D eigenvalue weighted by Gasteiger charge is -2.36. The molecule has 0 radical (unpaired) electrons. The van der Waals surface area contributed by atoms with Gasteiger partial charge in [-0.3, -0.25) is 4.90 Å². The molecule has 0 aliphatic carbocycles. The van der Waals surface area contributed by atoms with Crippen LogP contribution in [0.1, 0.15) is 15.9 Å². The van der Waals surface area contributed by atoms with Crippen molar-refractivity contribution in [3.8, 4) is 0 Å². The van der Waals surface area contributed by atoms with Crippen molar-refractivity contribution in [1.29, 1.82) is 0 Å². The first-order valence-electron chi connectivity index (χ1n) is 10.5. The van der Waals surface area contributed by atoms with Crippen molar-refractivity contribution in [1.82, 2.24) is 14.4 Å². The number of hydrogen-bond donors (Lipinski definition) is 0. The third-order valence-corrected chi connectivity index (χ3v) is 6.00. The fourth-order valence-electron chi connectivity index (χ4n) is 4.04. The lowest BCUT2D eigenvalue weighted by Crippen LogP contribution is -2.52. The number of anilines is 1. The van der Waals surface area contributed by atoms with Crippen LogP contribution in [0.4, 0.5) is 14.9 Å². The maximum atomic E-state index is 14.9. The van der Waals surface area contributed by atoms with Gasteiger partial charge in [-0.15, -0.1) is 0 Å². The molecule has 168 valence electrons. The Labute approximate surface area is 186 Å². The monoisotopic (exact) mass is 438 g/mol. The predicted molar refractivity (Wildman–Crippen MR) is 121 cm³/mol. The number of amides is 2. The molecule has 0 unspecified atom stereocenters. The third kappa shape index (κ3) is 4.18. The summed E-state index contributed by atoms with van der Waals surface area (Å²) < 4.78 is 21.6. The van der Waals surface area contributed by atoms with Gasteiger partial charge in [0.25, 0.3) is 0 Å². The van der Waals surface area contributed by atoms with Crippen molar-refractivity contribution >= 4 is 28.6 Å². The van der Waals surface area contributed by atoms with Crippen LogP contribution in [0.25, 0.3) is 10.9 Å². The largest absolute Gasteiger partial charge is 0.465 e. The molecule has 2 aromatic carbocycles. The minimum Gasteiger partial charge on any atom is -0.465 e. The summed E-state index contributed by atoms with van der Waals surface area (Å²) in [6, 6.07) is 11.8. The molecular formula is C24H27FN4O3. The van der Waals surface area contributed by atoms with Crippen LogP contribution in [0.3, 0.4) is 0 Å². The molecule has 0 bridgehead atoms. The van der Waals surface area contributed by atoms with E-state index in [1.807, 2.05) is 54.0 Å². The average Bonchev–Trinajstić information content (AvgIpc) is 3.19. The number of halogens is 1. The first kappa shape index (κ1) is 21.8. The van der Waals surface area contributed by atoms with Gasteiger partial charge in [0, 0.05) is 55.9 Å². The molecule has 0 atom stereocenters. The summed E-state index contributed by atoms with van der Waals surface area (Å²) in [5.74, 6) is -1.15. The van der Waals surface area contributed by atoms with Crippen molar-refractivity contribution in [2.45, 2.75) is 6.54 Å². The van der Waals surface area contributed by atoms with Crippen LogP contribution >= 0.6 is 0 Å². The molecule has 1 saturated heterocycles. The van der Waals surface area contributed by atoms with Gasteiger partial charge in [-0.2, -0.15) is 0 Å². The van der Waals surface area contributed by atoms with Gasteiger partial charge in [-0.05, 0) is 37.4 Å². The van der Waals surface area contributed by atoms with Crippen LogP contribution in [0.5, 0.6) is 0 Å². The van der Waals surface area contributed by atoms with E-state index in [-0.39, 0.29) is 18.1 Å². The molecule has 1 aliphatic rings. The number of esters is 1. The highest BCUT2D eigenvalue weighted by atomic mass is 19.1. The number of carbonyl (C=O) groups excluding carboxylic acids is 2. The summed E-state index contributed by atoms with van der Waals surface area (Å²) in [5.41, 5.74) is 2.17. The van der Waals surface area contributed by atoms with Gasteiger partial charge in [0.2, 0.25) is 0 Å². The van der Waals surface area contributed by atoms with E-state index in [0.29, 0.717) is 18.7 Å². The van der Waals surface area contributed by atoms with Gasteiger partial charge in [0.05, 0.1) is 24.9 Å². The number of aryl methyl sites for hydroxylation is 1. The van der Waals surface area contributed by atoms with Gasteiger partial charge in [0.1, 0.15) is 5.82 Å². The van der Waals surface area contributed by atoms with Crippen molar-refractivity contribution in [3.63, 3.8) is 0 Å². The lowest BCUT2D eigenvalue weighted by molar-refractivity contribution is 0.0600. The number of piperazine rings is 1. The van der Waals surface area contributed by atoms with Gasteiger partial charge in [-0.25, -0.2) is 14.0 Å². The number of hydrogen-bond acceptors (Lipinski definition) is 4. The van der Waals surface area contributed by atoms with Crippen LogP contribution in [0.15, 0.2) is 48.7 Å². The highest BCUT2D eigenvalue weighted by Crippen LogP contribution is 2.30. The minimum absolute atomic E-state index is 0.0481. The highest BCUT2D eigenvalue weighted by molar-refractivity contribution is 6.02. The molecule has 7 nitrogen and oxygen atoms in total. The molecule has 2 heterocycles. The quantitative estimate of drug-likeness (QED) is 0.586. The van der Waals surface area contributed by atoms with Crippen molar-refractivity contribution in [2.75, 3.05) is 45.2 Å². The number of aromatic nitrogens is 1. The fraction of sp³-hybridized carbons (Fsp3) is 0.333. The molecule has 0 saturated carbocycles. The molecule has 4 rings (SSSR count). The first-order valence-corrected chi connectivity index (χ1v) is 10.5.